The fraction of sp³-hybridized carbons (Fsp3) is 0.158. The van der Waals surface area contributed by atoms with Crippen molar-refractivity contribution in [3.63, 3.8) is 0 Å². The molecule has 26 heavy (non-hydrogen) atoms. The summed E-state index contributed by atoms with van der Waals surface area (Å²) in [6, 6.07) is 11.7. The van der Waals surface area contributed by atoms with E-state index >= 15 is 0 Å². The van der Waals surface area contributed by atoms with Crippen LogP contribution >= 0.6 is 0 Å². The van der Waals surface area contributed by atoms with Crippen molar-refractivity contribution < 1.29 is 9.59 Å². The third kappa shape index (κ3) is 3.77. The number of nitrogens with zero attached hydrogens (tertiary/aromatic N) is 2. The van der Waals surface area contributed by atoms with E-state index in [2.05, 4.69) is 15.6 Å². The van der Waals surface area contributed by atoms with E-state index in [1.165, 1.54) is 10.9 Å². The van der Waals surface area contributed by atoms with Crippen molar-refractivity contribution in [2.24, 2.45) is 0 Å². The average molecular weight is 350 g/mol. The molecule has 1 heterocycles. The molecule has 0 fully saturated rings. The van der Waals surface area contributed by atoms with Gasteiger partial charge in [0.25, 0.3) is 5.56 Å². The molecule has 3 amide bonds. The van der Waals surface area contributed by atoms with Crippen molar-refractivity contribution in [2.75, 3.05) is 5.32 Å². The summed E-state index contributed by atoms with van der Waals surface area (Å²) in [4.78, 5) is 40.5. The summed E-state index contributed by atoms with van der Waals surface area (Å²) in [5.74, 6) is -0.606. The zero-order valence-corrected chi connectivity index (χ0v) is 14.4. The summed E-state index contributed by atoms with van der Waals surface area (Å²) in [6.07, 6.45) is 1.30. The van der Waals surface area contributed by atoms with E-state index in [0.717, 1.165) is 11.1 Å². The number of amides is 3. The zero-order chi connectivity index (χ0) is 18.7. The Morgan fingerprint density at radius 1 is 1.08 bits per heavy atom. The molecule has 2 N–H and O–H groups in total. The number of benzene rings is 2. The number of imide groups is 1. The molecule has 7 nitrogen and oxygen atoms in total. The molecular weight excluding hydrogens is 332 g/mol. The largest absolute Gasteiger partial charge is 0.325 e. The number of urea groups is 1. The van der Waals surface area contributed by atoms with E-state index in [1.807, 2.05) is 26.0 Å². The first-order valence-corrected chi connectivity index (χ1v) is 8.06. The Labute approximate surface area is 149 Å². The number of hydrogen-bond acceptors (Lipinski definition) is 4. The van der Waals surface area contributed by atoms with Crippen molar-refractivity contribution in [3.8, 4) is 0 Å². The number of hydrogen-bond donors (Lipinski definition) is 2. The molecule has 0 atom stereocenters. The third-order valence-electron chi connectivity index (χ3n) is 4.06. The molecular formula is C19H18N4O3. The van der Waals surface area contributed by atoms with Gasteiger partial charge in [0, 0.05) is 5.69 Å². The molecule has 0 bridgehead atoms. The number of anilines is 1. The molecule has 2 aromatic carbocycles. The molecule has 7 heteroatoms. The Balaban J connectivity index is 1.67. The van der Waals surface area contributed by atoms with Crippen LogP contribution in [0.25, 0.3) is 10.9 Å². The van der Waals surface area contributed by atoms with E-state index in [4.69, 9.17) is 0 Å². The number of carbonyl (C=O) groups is 2. The molecule has 3 aromatic rings. The number of para-hydroxylation sites is 1. The minimum atomic E-state index is -0.653. The van der Waals surface area contributed by atoms with Gasteiger partial charge in [0.15, 0.2) is 0 Å². The van der Waals surface area contributed by atoms with Gasteiger partial charge in [-0.3, -0.25) is 19.5 Å². The second-order valence-corrected chi connectivity index (χ2v) is 6.00. The summed E-state index contributed by atoms with van der Waals surface area (Å²) in [5, 5.41) is 5.23. The Kier molecular flexibility index (Phi) is 4.79. The highest BCUT2D eigenvalue weighted by atomic mass is 16.2. The van der Waals surface area contributed by atoms with E-state index < -0.39 is 11.9 Å². The van der Waals surface area contributed by atoms with Crippen molar-refractivity contribution in [2.45, 2.75) is 20.4 Å². The molecule has 0 radical (unpaired) electrons. The third-order valence-corrected chi connectivity index (χ3v) is 4.06. The summed E-state index contributed by atoms with van der Waals surface area (Å²) in [6.45, 7) is 3.61. The van der Waals surface area contributed by atoms with Gasteiger partial charge in [-0.2, -0.15) is 0 Å². The van der Waals surface area contributed by atoms with Crippen LogP contribution in [0.5, 0.6) is 0 Å². The second kappa shape index (κ2) is 7.18. The molecule has 1 aromatic heterocycles. The maximum absolute atomic E-state index is 12.4. The summed E-state index contributed by atoms with van der Waals surface area (Å²) >= 11 is 0. The highest BCUT2D eigenvalue weighted by Gasteiger charge is 2.11. The van der Waals surface area contributed by atoms with Gasteiger partial charge in [0.05, 0.1) is 17.2 Å². The van der Waals surface area contributed by atoms with Crippen molar-refractivity contribution >= 4 is 28.5 Å². The predicted octanol–water partition coefficient (Wildman–Crippen LogP) is 2.36. The predicted molar refractivity (Wildman–Crippen MR) is 99.1 cm³/mol. The number of aromatic nitrogens is 2. The Morgan fingerprint density at radius 3 is 2.62 bits per heavy atom. The smallest absolute Gasteiger partial charge is 0.308 e. The van der Waals surface area contributed by atoms with Crippen LogP contribution in [-0.2, 0) is 11.3 Å². The van der Waals surface area contributed by atoms with Crippen molar-refractivity contribution in [1.29, 1.82) is 0 Å². The Morgan fingerprint density at radius 2 is 1.85 bits per heavy atom. The first-order chi connectivity index (χ1) is 12.4. The number of aryl methyl sites for hydroxylation is 2. The molecule has 0 aliphatic rings. The average Bonchev–Trinajstić information content (AvgIpc) is 2.61. The maximum Gasteiger partial charge on any atom is 0.325 e. The van der Waals surface area contributed by atoms with Crippen LogP contribution in [0.3, 0.4) is 0 Å². The lowest BCUT2D eigenvalue weighted by atomic mass is 10.1. The van der Waals surface area contributed by atoms with Gasteiger partial charge in [-0.15, -0.1) is 0 Å². The lowest BCUT2D eigenvalue weighted by Gasteiger charge is -2.09. The first kappa shape index (κ1) is 17.3. The number of carbonyl (C=O) groups excluding carboxylic acids is 2. The quantitative estimate of drug-likeness (QED) is 0.758. The lowest BCUT2D eigenvalue weighted by molar-refractivity contribution is -0.120. The van der Waals surface area contributed by atoms with Crippen LogP contribution in [0.1, 0.15) is 11.1 Å². The molecule has 0 aliphatic heterocycles. The SMILES string of the molecule is Cc1ccc(NC(=O)NC(=O)Cn2cnc3ccccc3c2=O)cc1C. The molecule has 0 saturated carbocycles. The summed E-state index contributed by atoms with van der Waals surface area (Å²) in [7, 11) is 0. The van der Waals surface area contributed by atoms with Crippen molar-refractivity contribution in [1.82, 2.24) is 14.9 Å². The molecule has 0 spiro atoms. The van der Waals surface area contributed by atoms with Crippen molar-refractivity contribution in [3.05, 3.63) is 70.3 Å². The minimum Gasteiger partial charge on any atom is -0.308 e. The van der Waals surface area contributed by atoms with Gasteiger partial charge in [-0.05, 0) is 49.2 Å². The number of nitrogens with one attached hydrogen (secondary N) is 2. The van der Waals surface area contributed by atoms with Gasteiger partial charge in [-0.25, -0.2) is 9.78 Å². The fourth-order valence-corrected chi connectivity index (χ4v) is 2.52. The highest BCUT2D eigenvalue weighted by Crippen LogP contribution is 2.13. The second-order valence-electron chi connectivity index (χ2n) is 6.00. The normalized spacial score (nSPS) is 10.5. The van der Waals surface area contributed by atoms with Gasteiger partial charge in [-0.1, -0.05) is 18.2 Å². The summed E-state index contributed by atoms with van der Waals surface area (Å²) < 4.78 is 1.17. The van der Waals surface area contributed by atoms with Crippen LogP contribution in [0, 0.1) is 13.8 Å². The monoisotopic (exact) mass is 350 g/mol. The number of fused-ring (bicyclic) bond motifs is 1. The van der Waals surface area contributed by atoms with E-state index in [-0.39, 0.29) is 12.1 Å². The molecule has 132 valence electrons. The molecule has 0 unspecified atom stereocenters. The van der Waals surface area contributed by atoms with Crippen LogP contribution in [0.15, 0.2) is 53.6 Å². The van der Waals surface area contributed by atoms with E-state index in [9.17, 15) is 14.4 Å². The summed E-state index contributed by atoms with van der Waals surface area (Å²) in [5.41, 5.74) is 2.95. The van der Waals surface area contributed by atoms with Gasteiger partial charge in [0.2, 0.25) is 5.91 Å². The van der Waals surface area contributed by atoms with Gasteiger partial charge < -0.3 is 5.32 Å². The fourth-order valence-electron chi connectivity index (χ4n) is 2.52. The maximum atomic E-state index is 12.4. The molecule has 3 rings (SSSR count). The van der Waals surface area contributed by atoms with E-state index in [1.54, 1.807) is 30.3 Å². The molecule has 0 aliphatic carbocycles. The van der Waals surface area contributed by atoms with E-state index in [0.29, 0.717) is 16.6 Å². The van der Waals surface area contributed by atoms with Crippen LogP contribution in [0.4, 0.5) is 10.5 Å². The topological polar surface area (TPSA) is 93.1 Å². The van der Waals surface area contributed by atoms with Crippen LogP contribution in [0.2, 0.25) is 0 Å². The first-order valence-electron chi connectivity index (χ1n) is 8.06. The zero-order valence-electron chi connectivity index (χ0n) is 14.4. The lowest BCUT2D eigenvalue weighted by Crippen LogP contribution is -2.38. The Bertz CT molecular complexity index is 1060. The number of rotatable bonds is 3. The standard InChI is InChI=1S/C19H18N4O3/c1-12-7-8-14(9-13(12)2)21-19(26)22-17(24)10-23-11-20-16-6-4-3-5-15(16)18(23)25/h3-9,11H,10H2,1-2H3,(H2,21,22,24,26). The van der Waals surface area contributed by atoms with Gasteiger partial charge in [0.1, 0.15) is 6.54 Å². The Hall–Kier alpha value is -3.48. The van der Waals surface area contributed by atoms with Crippen LogP contribution < -0.4 is 16.2 Å². The highest BCUT2D eigenvalue weighted by molar-refractivity contribution is 6.01. The minimum absolute atomic E-state index is 0.295. The molecule has 0 saturated heterocycles. The van der Waals surface area contributed by atoms with Gasteiger partial charge >= 0.3 is 6.03 Å². The van der Waals surface area contributed by atoms with Crippen LogP contribution in [-0.4, -0.2) is 21.5 Å².